The smallest absolute Gasteiger partial charge is 0.139 e. The summed E-state index contributed by atoms with van der Waals surface area (Å²) in [6.07, 6.45) is 1.63. The van der Waals surface area contributed by atoms with Crippen molar-refractivity contribution in [2.75, 3.05) is 18.5 Å². The average molecular weight is 369 g/mol. The van der Waals surface area contributed by atoms with E-state index in [-0.39, 0.29) is 0 Å². The number of hydrogen-bond acceptors (Lipinski definition) is 4. The highest BCUT2D eigenvalue weighted by Gasteiger charge is 2.27. The fourth-order valence-corrected chi connectivity index (χ4v) is 2.76. The normalized spacial score (nSPS) is 18.1. The minimum Gasteiger partial charge on any atom is -0.355 e. The van der Waals surface area contributed by atoms with Crippen molar-refractivity contribution >= 4 is 39.6 Å². The van der Waals surface area contributed by atoms with Crippen LogP contribution in [0.25, 0.3) is 0 Å². The zero-order chi connectivity index (χ0) is 15.4. The van der Waals surface area contributed by atoms with E-state index in [2.05, 4.69) is 39.1 Å². The molecule has 1 aliphatic heterocycles. The van der Waals surface area contributed by atoms with Crippen molar-refractivity contribution in [3.63, 3.8) is 0 Å². The van der Waals surface area contributed by atoms with Crippen molar-refractivity contribution in [1.29, 1.82) is 5.26 Å². The standard InChI is InChI=1S/C14H15BrClN5/c1-10(16)20-7-11-5-12(15)3-4-14(11)21(9-19-18-2)13(6-17)8-20/h3-5,9,13,18H,1,7-8H2,2H3/b19-9-. The number of nitrogens with one attached hydrogen (secondary N) is 1. The highest BCUT2D eigenvalue weighted by molar-refractivity contribution is 9.10. The second kappa shape index (κ2) is 6.83. The van der Waals surface area contributed by atoms with E-state index in [1.807, 2.05) is 28.0 Å². The van der Waals surface area contributed by atoms with Gasteiger partial charge >= 0.3 is 0 Å². The quantitative estimate of drug-likeness (QED) is 0.386. The predicted molar refractivity (Wildman–Crippen MR) is 89.0 cm³/mol. The lowest BCUT2D eigenvalue weighted by atomic mass is 10.1. The Labute approximate surface area is 137 Å². The third-order valence-corrected chi connectivity index (χ3v) is 3.95. The molecular weight excluding hydrogens is 354 g/mol. The largest absolute Gasteiger partial charge is 0.355 e. The van der Waals surface area contributed by atoms with E-state index in [1.54, 1.807) is 13.4 Å². The first-order valence-electron chi connectivity index (χ1n) is 6.32. The molecule has 0 aromatic heterocycles. The van der Waals surface area contributed by atoms with Crippen molar-refractivity contribution in [2.24, 2.45) is 5.10 Å². The van der Waals surface area contributed by atoms with Crippen molar-refractivity contribution in [3.05, 3.63) is 40.0 Å². The van der Waals surface area contributed by atoms with Crippen molar-refractivity contribution in [1.82, 2.24) is 10.3 Å². The summed E-state index contributed by atoms with van der Waals surface area (Å²) < 4.78 is 0.974. The predicted octanol–water partition coefficient (Wildman–Crippen LogP) is 2.84. The number of hydrazone groups is 1. The molecule has 1 unspecified atom stereocenters. The SMILES string of the molecule is C=C(Cl)N1Cc2cc(Br)ccc2N(/C=N\NC)C(C#N)C1. The van der Waals surface area contributed by atoms with Gasteiger partial charge in [0.1, 0.15) is 12.4 Å². The lowest BCUT2D eigenvalue weighted by Gasteiger charge is -2.25. The maximum Gasteiger partial charge on any atom is 0.139 e. The van der Waals surface area contributed by atoms with Crippen LogP contribution in [0.2, 0.25) is 0 Å². The van der Waals surface area contributed by atoms with Crippen molar-refractivity contribution < 1.29 is 0 Å². The Balaban J connectivity index is 2.52. The molecule has 0 saturated carbocycles. The van der Waals surface area contributed by atoms with E-state index in [4.69, 9.17) is 11.6 Å². The average Bonchev–Trinajstić information content (AvgIpc) is 2.61. The first-order chi connectivity index (χ1) is 10.1. The van der Waals surface area contributed by atoms with Crippen LogP contribution in [0.3, 0.4) is 0 Å². The fourth-order valence-electron chi connectivity index (χ4n) is 2.22. The number of hydrogen-bond donors (Lipinski definition) is 1. The maximum atomic E-state index is 9.48. The number of fused-ring (bicyclic) bond motifs is 1. The number of nitrogens with zero attached hydrogens (tertiary/aromatic N) is 4. The maximum absolute atomic E-state index is 9.48. The molecule has 0 amide bonds. The monoisotopic (exact) mass is 367 g/mol. The molecule has 1 heterocycles. The van der Waals surface area contributed by atoms with Gasteiger partial charge in [-0.2, -0.15) is 10.4 Å². The molecule has 1 aromatic carbocycles. The molecule has 0 spiro atoms. The molecule has 5 nitrogen and oxygen atoms in total. The molecule has 1 atom stereocenters. The molecule has 7 heteroatoms. The second-order valence-corrected chi connectivity index (χ2v) is 5.90. The van der Waals surface area contributed by atoms with Gasteiger partial charge in [-0.15, -0.1) is 0 Å². The molecule has 0 bridgehead atoms. The van der Waals surface area contributed by atoms with Gasteiger partial charge in [0.25, 0.3) is 0 Å². The molecular formula is C14H15BrClN5. The van der Waals surface area contributed by atoms with E-state index >= 15 is 0 Å². The summed E-state index contributed by atoms with van der Waals surface area (Å²) in [6, 6.07) is 7.82. The van der Waals surface area contributed by atoms with E-state index in [0.29, 0.717) is 18.2 Å². The summed E-state index contributed by atoms with van der Waals surface area (Å²) in [5.41, 5.74) is 4.69. The summed E-state index contributed by atoms with van der Waals surface area (Å²) in [7, 11) is 1.71. The molecule has 2 rings (SSSR count). The van der Waals surface area contributed by atoms with Crippen molar-refractivity contribution in [2.45, 2.75) is 12.6 Å². The van der Waals surface area contributed by atoms with Gasteiger partial charge in [0.2, 0.25) is 0 Å². The summed E-state index contributed by atoms with van der Waals surface area (Å²) in [6.45, 7) is 4.83. The number of anilines is 1. The molecule has 0 aliphatic carbocycles. The van der Waals surface area contributed by atoms with Crippen LogP contribution in [0, 0.1) is 11.3 Å². The van der Waals surface area contributed by atoms with Gasteiger partial charge in [-0.3, -0.25) is 0 Å². The molecule has 1 N–H and O–H groups in total. The molecule has 0 fully saturated rings. The molecule has 110 valence electrons. The number of rotatable bonds is 3. The Kier molecular flexibility index (Phi) is 5.10. The molecule has 21 heavy (non-hydrogen) atoms. The van der Waals surface area contributed by atoms with Gasteiger partial charge in [0.05, 0.1) is 17.8 Å². The first-order valence-corrected chi connectivity index (χ1v) is 7.49. The minimum atomic E-state index is -0.403. The zero-order valence-electron chi connectivity index (χ0n) is 11.6. The van der Waals surface area contributed by atoms with Crippen LogP contribution in [0.1, 0.15) is 5.56 Å². The van der Waals surface area contributed by atoms with E-state index < -0.39 is 6.04 Å². The van der Waals surface area contributed by atoms with Gasteiger partial charge in [0.15, 0.2) is 0 Å². The minimum absolute atomic E-state index is 0.403. The van der Waals surface area contributed by atoms with Gasteiger partial charge in [-0.25, -0.2) is 0 Å². The Hall–Kier alpha value is -1.71. The fraction of sp³-hybridized carbons (Fsp3) is 0.286. The second-order valence-electron chi connectivity index (χ2n) is 4.55. The Morgan fingerprint density at radius 2 is 2.43 bits per heavy atom. The third kappa shape index (κ3) is 3.49. The summed E-state index contributed by atoms with van der Waals surface area (Å²) in [5, 5.41) is 13.9. The first kappa shape index (κ1) is 15.7. The van der Waals surface area contributed by atoms with Gasteiger partial charge in [-0.1, -0.05) is 34.1 Å². The summed E-state index contributed by atoms with van der Waals surface area (Å²) >= 11 is 9.53. The number of benzene rings is 1. The van der Waals surface area contributed by atoms with E-state index in [9.17, 15) is 5.26 Å². The Morgan fingerprint density at radius 3 is 3.05 bits per heavy atom. The van der Waals surface area contributed by atoms with Crippen LogP contribution in [0.4, 0.5) is 5.69 Å². The lowest BCUT2D eigenvalue weighted by molar-refractivity contribution is 0.361. The Morgan fingerprint density at radius 1 is 1.67 bits per heavy atom. The topological polar surface area (TPSA) is 54.7 Å². The van der Waals surface area contributed by atoms with Crippen LogP contribution in [-0.2, 0) is 6.54 Å². The van der Waals surface area contributed by atoms with E-state index in [0.717, 1.165) is 15.7 Å². The Bertz CT molecular complexity index is 610. The lowest BCUT2D eigenvalue weighted by Crippen LogP contribution is -2.39. The summed E-state index contributed by atoms with van der Waals surface area (Å²) in [5.74, 6) is 0. The number of halogens is 2. The van der Waals surface area contributed by atoms with Gasteiger partial charge < -0.3 is 15.2 Å². The zero-order valence-corrected chi connectivity index (χ0v) is 13.9. The number of nitriles is 1. The summed E-state index contributed by atoms with van der Waals surface area (Å²) in [4.78, 5) is 3.73. The van der Waals surface area contributed by atoms with Crippen LogP contribution < -0.4 is 10.3 Å². The van der Waals surface area contributed by atoms with Gasteiger partial charge in [-0.05, 0) is 23.8 Å². The van der Waals surface area contributed by atoms with E-state index in [1.165, 1.54) is 0 Å². The van der Waals surface area contributed by atoms with Crippen LogP contribution in [-0.4, -0.2) is 30.9 Å². The molecule has 0 radical (unpaired) electrons. The van der Waals surface area contributed by atoms with Crippen LogP contribution in [0.5, 0.6) is 0 Å². The van der Waals surface area contributed by atoms with Crippen LogP contribution >= 0.6 is 27.5 Å². The van der Waals surface area contributed by atoms with Crippen molar-refractivity contribution in [3.8, 4) is 6.07 Å². The molecule has 1 aliphatic rings. The highest BCUT2D eigenvalue weighted by Crippen LogP contribution is 2.31. The molecule has 1 aromatic rings. The highest BCUT2D eigenvalue weighted by atomic mass is 79.9. The van der Waals surface area contributed by atoms with Gasteiger partial charge in [0, 0.05) is 23.8 Å². The molecule has 0 saturated heterocycles. The third-order valence-electron chi connectivity index (χ3n) is 3.21. The van der Waals surface area contributed by atoms with Crippen LogP contribution in [0.15, 0.2) is 39.5 Å².